The quantitative estimate of drug-likeness (QED) is 0.477. The van der Waals surface area contributed by atoms with Crippen LogP contribution in [0.4, 0.5) is 5.69 Å². The molecule has 0 radical (unpaired) electrons. The molecule has 0 aliphatic carbocycles. The van der Waals surface area contributed by atoms with Crippen LogP contribution in [0.2, 0.25) is 0 Å². The Bertz CT molecular complexity index is 1010. The molecule has 32 heavy (non-hydrogen) atoms. The fourth-order valence-corrected chi connectivity index (χ4v) is 5.11. The summed E-state index contributed by atoms with van der Waals surface area (Å²) in [4.78, 5) is 29.3. The lowest BCUT2D eigenvalue weighted by Crippen LogP contribution is -2.30. The minimum atomic E-state index is -0.140. The zero-order chi connectivity index (χ0) is 22.3. The number of thioether (sulfide) groups is 1. The highest BCUT2D eigenvalue weighted by atomic mass is 32.2. The maximum absolute atomic E-state index is 12.6. The summed E-state index contributed by atoms with van der Waals surface area (Å²) >= 11 is 1.44. The van der Waals surface area contributed by atoms with E-state index in [4.69, 9.17) is 0 Å². The molecule has 0 unspecified atom stereocenters. The van der Waals surface area contributed by atoms with Crippen molar-refractivity contribution in [1.29, 1.82) is 0 Å². The average molecular weight is 450 g/mol. The Morgan fingerprint density at radius 3 is 2.72 bits per heavy atom. The zero-order valence-electron chi connectivity index (χ0n) is 18.7. The van der Waals surface area contributed by atoms with E-state index in [1.165, 1.54) is 50.5 Å². The predicted molar refractivity (Wildman–Crippen MR) is 132 cm³/mol. The third-order valence-electron chi connectivity index (χ3n) is 5.91. The van der Waals surface area contributed by atoms with Crippen LogP contribution in [-0.4, -0.2) is 42.9 Å². The van der Waals surface area contributed by atoms with Gasteiger partial charge in [-0.1, -0.05) is 54.4 Å². The van der Waals surface area contributed by atoms with Crippen LogP contribution in [-0.2, 0) is 4.79 Å². The van der Waals surface area contributed by atoms with Gasteiger partial charge < -0.3 is 15.5 Å². The molecule has 2 aliphatic heterocycles. The summed E-state index contributed by atoms with van der Waals surface area (Å²) < 4.78 is 0. The summed E-state index contributed by atoms with van der Waals surface area (Å²) in [5.74, 6) is -0.233. The lowest BCUT2D eigenvalue weighted by atomic mass is 10.1. The zero-order valence-corrected chi connectivity index (χ0v) is 19.5. The van der Waals surface area contributed by atoms with Crippen molar-refractivity contribution in [1.82, 2.24) is 10.2 Å². The Morgan fingerprint density at radius 2 is 1.94 bits per heavy atom. The van der Waals surface area contributed by atoms with Gasteiger partial charge in [0.15, 0.2) is 0 Å². The highest BCUT2D eigenvalue weighted by Gasteiger charge is 2.22. The Kier molecular flexibility index (Phi) is 7.66. The molecule has 2 aromatic rings. The van der Waals surface area contributed by atoms with Crippen LogP contribution >= 0.6 is 11.8 Å². The average Bonchev–Trinajstić information content (AvgIpc) is 3.06. The highest BCUT2D eigenvalue weighted by Crippen LogP contribution is 2.39. The molecule has 1 fully saturated rings. The maximum Gasteiger partial charge on any atom is 0.262 e. The van der Waals surface area contributed by atoms with E-state index in [-0.39, 0.29) is 11.8 Å². The largest absolute Gasteiger partial charge is 0.352 e. The monoisotopic (exact) mass is 449 g/mol. The molecule has 0 aromatic heterocycles. The smallest absolute Gasteiger partial charge is 0.262 e. The molecule has 6 heteroatoms. The van der Waals surface area contributed by atoms with Crippen LogP contribution in [0, 0.1) is 6.92 Å². The number of carbonyl (C=O) groups is 2. The van der Waals surface area contributed by atoms with Crippen molar-refractivity contribution in [2.75, 3.05) is 31.5 Å². The molecule has 0 bridgehead atoms. The van der Waals surface area contributed by atoms with E-state index in [0.29, 0.717) is 22.7 Å². The molecule has 2 aromatic carbocycles. The first-order chi connectivity index (χ1) is 15.6. The fraction of sp³-hybridized carbons (Fsp3) is 0.385. The first-order valence-electron chi connectivity index (χ1n) is 11.5. The van der Waals surface area contributed by atoms with Gasteiger partial charge >= 0.3 is 0 Å². The van der Waals surface area contributed by atoms with Crippen LogP contribution in [0.25, 0.3) is 6.08 Å². The Labute approximate surface area is 194 Å². The predicted octanol–water partition coefficient (Wildman–Crippen LogP) is 5.08. The van der Waals surface area contributed by atoms with Gasteiger partial charge in [-0.2, -0.15) is 0 Å². The number of fused-ring (bicyclic) bond motifs is 1. The first kappa shape index (κ1) is 22.6. The number of nitrogens with zero attached hydrogens (tertiary/aromatic N) is 1. The van der Waals surface area contributed by atoms with E-state index < -0.39 is 0 Å². The normalized spacial score (nSPS) is 18.0. The van der Waals surface area contributed by atoms with Crippen molar-refractivity contribution in [3.63, 3.8) is 0 Å². The van der Waals surface area contributed by atoms with Crippen LogP contribution in [0.15, 0.2) is 52.3 Å². The van der Waals surface area contributed by atoms with Gasteiger partial charge in [-0.15, -0.1) is 0 Å². The molecular formula is C26H31N3O2S. The van der Waals surface area contributed by atoms with Crippen molar-refractivity contribution < 1.29 is 9.59 Å². The van der Waals surface area contributed by atoms with Gasteiger partial charge in [-0.3, -0.25) is 9.59 Å². The maximum atomic E-state index is 12.6. The van der Waals surface area contributed by atoms with Gasteiger partial charge in [-0.25, -0.2) is 0 Å². The lowest BCUT2D eigenvalue weighted by molar-refractivity contribution is -0.112. The van der Waals surface area contributed by atoms with Gasteiger partial charge in [-0.05, 0) is 75.7 Å². The van der Waals surface area contributed by atoms with Crippen LogP contribution in [0.1, 0.15) is 53.6 Å². The minimum Gasteiger partial charge on any atom is -0.352 e. The van der Waals surface area contributed by atoms with E-state index in [0.717, 1.165) is 29.0 Å². The topological polar surface area (TPSA) is 61.4 Å². The second-order valence-corrected chi connectivity index (χ2v) is 9.64. The molecule has 0 saturated carbocycles. The second-order valence-electron chi connectivity index (χ2n) is 8.56. The summed E-state index contributed by atoms with van der Waals surface area (Å²) in [6.45, 7) is 6.09. The van der Waals surface area contributed by atoms with Crippen LogP contribution < -0.4 is 10.6 Å². The number of aryl methyl sites for hydroxylation is 1. The van der Waals surface area contributed by atoms with Gasteiger partial charge in [0.2, 0.25) is 0 Å². The van der Waals surface area contributed by atoms with Crippen molar-refractivity contribution in [3.8, 4) is 0 Å². The molecule has 5 nitrogen and oxygen atoms in total. The summed E-state index contributed by atoms with van der Waals surface area (Å²) in [6.07, 6.45) is 8.10. The molecular weight excluding hydrogens is 418 g/mol. The van der Waals surface area contributed by atoms with Gasteiger partial charge in [0.1, 0.15) is 0 Å². The lowest BCUT2D eigenvalue weighted by Gasteiger charge is -2.20. The number of likely N-dealkylation sites (tertiary alicyclic amines) is 1. The number of anilines is 1. The second kappa shape index (κ2) is 10.8. The van der Waals surface area contributed by atoms with E-state index in [9.17, 15) is 9.59 Å². The van der Waals surface area contributed by atoms with Crippen molar-refractivity contribution in [2.45, 2.75) is 43.9 Å². The summed E-state index contributed by atoms with van der Waals surface area (Å²) in [5, 5.41) is 5.96. The third kappa shape index (κ3) is 6.02. The minimum absolute atomic E-state index is 0.0935. The Morgan fingerprint density at radius 1 is 1.12 bits per heavy atom. The standard InChI is InChI=1S/C26H31N3O2S/c1-19-8-6-9-20(16-19)17-24-26(31)28-22-18-21(10-11-23(22)32-24)25(30)27-12-7-15-29-13-4-2-3-5-14-29/h6,8-11,16-18H,2-5,7,12-15H2,1H3,(H,27,30)(H,28,31). The fourth-order valence-electron chi connectivity index (χ4n) is 4.18. The molecule has 2 amide bonds. The molecule has 168 valence electrons. The van der Waals surface area contributed by atoms with Crippen LogP contribution in [0.5, 0.6) is 0 Å². The van der Waals surface area contributed by atoms with Gasteiger partial charge in [0, 0.05) is 17.0 Å². The molecule has 0 atom stereocenters. The van der Waals surface area contributed by atoms with E-state index in [1.54, 1.807) is 6.07 Å². The van der Waals surface area contributed by atoms with Crippen molar-refractivity contribution in [2.24, 2.45) is 0 Å². The molecule has 2 N–H and O–H groups in total. The number of amides is 2. The summed E-state index contributed by atoms with van der Waals surface area (Å²) in [5.41, 5.74) is 3.43. The number of rotatable bonds is 6. The molecule has 4 rings (SSSR count). The van der Waals surface area contributed by atoms with Gasteiger partial charge in [0.25, 0.3) is 11.8 Å². The number of nitrogens with one attached hydrogen (secondary N) is 2. The Balaban J connectivity index is 1.33. The number of hydrogen-bond donors (Lipinski definition) is 2. The van der Waals surface area contributed by atoms with E-state index in [1.807, 2.05) is 43.3 Å². The summed E-state index contributed by atoms with van der Waals surface area (Å²) in [7, 11) is 0. The van der Waals surface area contributed by atoms with Crippen LogP contribution in [0.3, 0.4) is 0 Å². The van der Waals surface area contributed by atoms with Crippen molar-refractivity contribution in [3.05, 3.63) is 64.1 Å². The number of carbonyl (C=O) groups excluding carboxylic acids is 2. The van der Waals surface area contributed by atoms with Crippen molar-refractivity contribution >= 4 is 35.3 Å². The number of benzene rings is 2. The number of hydrogen-bond acceptors (Lipinski definition) is 4. The highest BCUT2D eigenvalue weighted by molar-refractivity contribution is 8.04. The summed E-state index contributed by atoms with van der Waals surface area (Å²) in [6, 6.07) is 13.6. The SMILES string of the molecule is Cc1cccc(C=C2Sc3ccc(C(=O)NCCCN4CCCCCC4)cc3NC2=O)c1. The Hall–Kier alpha value is -2.57. The first-order valence-corrected chi connectivity index (χ1v) is 12.3. The van der Waals surface area contributed by atoms with Gasteiger partial charge in [0.05, 0.1) is 10.6 Å². The third-order valence-corrected chi connectivity index (χ3v) is 7.01. The molecule has 0 spiro atoms. The van der Waals surface area contributed by atoms with E-state index in [2.05, 4.69) is 21.6 Å². The molecule has 1 saturated heterocycles. The van der Waals surface area contributed by atoms with E-state index >= 15 is 0 Å². The molecule has 2 heterocycles. The molecule has 2 aliphatic rings.